The maximum absolute atomic E-state index is 4.17. The highest BCUT2D eigenvalue weighted by molar-refractivity contribution is 5.41. The van der Waals surface area contributed by atoms with Crippen LogP contribution >= 0.6 is 0 Å². The number of fused-ring (bicyclic) bond motifs is 1. The van der Waals surface area contributed by atoms with Gasteiger partial charge in [-0.15, -0.1) is 0 Å². The van der Waals surface area contributed by atoms with Crippen LogP contribution in [0.2, 0.25) is 0 Å². The van der Waals surface area contributed by atoms with E-state index in [4.69, 9.17) is 0 Å². The first-order valence-corrected chi connectivity index (χ1v) is 3.86. The minimum atomic E-state index is 0.936. The van der Waals surface area contributed by atoms with Crippen molar-refractivity contribution < 1.29 is 0 Å². The van der Waals surface area contributed by atoms with Gasteiger partial charge in [-0.3, -0.25) is 0 Å². The number of hydrogen-bond donors (Lipinski definition) is 1. The normalized spacial score (nSPS) is 15.2. The Balaban J connectivity index is 2.27. The first kappa shape index (κ1) is 6.46. The molecule has 0 radical (unpaired) electrons. The molecule has 3 heteroatoms. The van der Waals surface area contributed by atoms with E-state index < -0.39 is 0 Å². The molecule has 3 nitrogen and oxygen atoms in total. The maximum atomic E-state index is 4.17. The third-order valence-corrected chi connectivity index (χ3v) is 1.95. The minimum absolute atomic E-state index is 0.936. The van der Waals surface area contributed by atoms with E-state index in [1.54, 1.807) is 0 Å². The van der Waals surface area contributed by atoms with Gasteiger partial charge in [0.05, 0.1) is 12.7 Å². The molecule has 0 aliphatic carbocycles. The number of nitrogens with zero attached hydrogens (tertiary/aromatic N) is 2. The van der Waals surface area contributed by atoms with Gasteiger partial charge in [0.2, 0.25) is 0 Å². The molecule has 0 fully saturated rings. The zero-order chi connectivity index (χ0) is 7.68. The molecule has 1 aromatic heterocycles. The van der Waals surface area contributed by atoms with E-state index in [1.165, 1.54) is 5.57 Å². The average molecular weight is 149 g/mol. The molecule has 0 saturated heterocycles. The second-order valence-electron chi connectivity index (χ2n) is 2.67. The SMILES string of the molecule is CCC1=CNc2ccnn2C1. The molecule has 0 unspecified atom stereocenters. The molecule has 0 saturated carbocycles. The van der Waals surface area contributed by atoms with Crippen LogP contribution in [0.15, 0.2) is 24.0 Å². The van der Waals surface area contributed by atoms with Crippen molar-refractivity contribution in [1.82, 2.24) is 9.78 Å². The minimum Gasteiger partial charge on any atom is -0.347 e. The number of allylic oxidation sites excluding steroid dienone is 1. The predicted octanol–water partition coefficient (Wildman–Crippen LogP) is 1.60. The van der Waals surface area contributed by atoms with Gasteiger partial charge >= 0.3 is 0 Å². The zero-order valence-corrected chi connectivity index (χ0v) is 6.54. The Morgan fingerprint density at radius 1 is 1.73 bits per heavy atom. The highest BCUT2D eigenvalue weighted by atomic mass is 15.3. The second kappa shape index (κ2) is 2.42. The number of aromatic nitrogens is 2. The summed E-state index contributed by atoms with van der Waals surface area (Å²) >= 11 is 0. The fraction of sp³-hybridized carbons (Fsp3) is 0.375. The van der Waals surface area contributed by atoms with Gasteiger partial charge in [0.25, 0.3) is 0 Å². The molecule has 0 bridgehead atoms. The van der Waals surface area contributed by atoms with Crippen molar-refractivity contribution in [3.05, 3.63) is 24.0 Å². The van der Waals surface area contributed by atoms with E-state index in [1.807, 2.05) is 16.9 Å². The Bertz CT molecular complexity index is 285. The lowest BCUT2D eigenvalue weighted by atomic mass is 10.2. The Kier molecular flexibility index (Phi) is 1.42. The molecule has 0 amide bonds. The van der Waals surface area contributed by atoms with Crippen LogP contribution in [0.3, 0.4) is 0 Å². The molecule has 1 aliphatic heterocycles. The van der Waals surface area contributed by atoms with Gasteiger partial charge < -0.3 is 5.32 Å². The van der Waals surface area contributed by atoms with Crippen molar-refractivity contribution in [2.45, 2.75) is 19.9 Å². The van der Waals surface area contributed by atoms with Crippen LogP contribution in [0.25, 0.3) is 0 Å². The Morgan fingerprint density at radius 2 is 2.64 bits per heavy atom. The molecule has 0 spiro atoms. The number of rotatable bonds is 1. The largest absolute Gasteiger partial charge is 0.347 e. The third kappa shape index (κ3) is 1.02. The van der Waals surface area contributed by atoms with Crippen molar-refractivity contribution in [3.8, 4) is 0 Å². The van der Waals surface area contributed by atoms with Crippen LogP contribution in [0.1, 0.15) is 13.3 Å². The van der Waals surface area contributed by atoms with Gasteiger partial charge in [0.1, 0.15) is 5.82 Å². The van der Waals surface area contributed by atoms with Crippen LogP contribution in [0.4, 0.5) is 5.82 Å². The third-order valence-electron chi connectivity index (χ3n) is 1.95. The summed E-state index contributed by atoms with van der Waals surface area (Å²) in [4.78, 5) is 0. The van der Waals surface area contributed by atoms with E-state index in [9.17, 15) is 0 Å². The molecule has 58 valence electrons. The van der Waals surface area contributed by atoms with Crippen LogP contribution in [0, 0.1) is 0 Å². The Morgan fingerprint density at radius 3 is 3.45 bits per heavy atom. The monoisotopic (exact) mass is 149 g/mol. The molecular formula is C8H11N3. The summed E-state index contributed by atoms with van der Waals surface area (Å²) in [6.07, 6.45) is 4.97. The highest BCUT2D eigenvalue weighted by Crippen LogP contribution is 2.16. The highest BCUT2D eigenvalue weighted by Gasteiger charge is 2.07. The molecule has 1 N–H and O–H groups in total. The van der Waals surface area contributed by atoms with Crippen molar-refractivity contribution in [2.75, 3.05) is 5.32 Å². The summed E-state index contributed by atoms with van der Waals surface area (Å²) in [5.41, 5.74) is 1.39. The Labute approximate surface area is 65.7 Å². The summed E-state index contributed by atoms with van der Waals surface area (Å²) in [5, 5.41) is 7.35. The molecular weight excluding hydrogens is 138 g/mol. The first-order valence-electron chi connectivity index (χ1n) is 3.86. The van der Waals surface area contributed by atoms with E-state index in [0.717, 1.165) is 18.8 Å². The quantitative estimate of drug-likeness (QED) is 0.657. The van der Waals surface area contributed by atoms with Gasteiger partial charge in [-0.1, -0.05) is 6.92 Å². The van der Waals surface area contributed by atoms with Crippen molar-refractivity contribution in [1.29, 1.82) is 0 Å². The lowest BCUT2D eigenvalue weighted by molar-refractivity contribution is 0.658. The van der Waals surface area contributed by atoms with Crippen molar-refractivity contribution in [2.24, 2.45) is 0 Å². The van der Waals surface area contributed by atoms with Gasteiger partial charge in [-0.25, -0.2) is 4.68 Å². The van der Waals surface area contributed by atoms with Gasteiger partial charge in [0, 0.05) is 12.3 Å². The smallest absolute Gasteiger partial charge is 0.128 e. The van der Waals surface area contributed by atoms with E-state index in [-0.39, 0.29) is 0 Å². The molecule has 0 aromatic carbocycles. The molecule has 2 heterocycles. The standard InChI is InChI=1S/C8H11N3/c1-2-7-5-9-8-3-4-10-11(8)6-7/h3-5,9H,2,6H2,1H3. The summed E-state index contributed by atoms with van der Waals surface area (Å²) < 4.78 is 1.97. The van der Waals surface area contributed by atoms with Crippen molar-refractivity contribution in [3.63, 3.8) is 0 Å². The van der Waals surface area contributed by atoms with Crippen LogP contribution < -0.4 is 5.32 Å². The summed E-state index contributed by atoms with van der Waals surface area (Å²) in [6.45, 7) is 3.09. The summed E-state index contributed by atoms with van der Waals surface area (Å²) in [7, 11) is 0. The molecule has 1 aliphatic rings. The van der Waals surface area contributed by atoms with Crippen LogP contribution in [-0.4, -0.2) is 9.78 Å². The second-order valence-corrected chi connectivity index (χ2v) is 2.67. The predicted molar refractivity (Wildman–Crippen MR) is 44.2 cm³/mol. The fourth-order valence-electron chi connectivity index (χ4n) is 1.21. The van der Waals surface area contributed by atoms with E-state index >= 15 is 0 Å². The van der Waals surface area contributed by atoms with Gasteiger partial charge in [0.15, 0.2) is 0 Å². The number of anilines is 1. The molecule has 0 atom stereocenters. The maximum Gasteiger partial charge on any atom is 0.128 e. The average Bonchev–Trinajstić information content (AvgIpc) is 2.50. The Hall–Kier alpha value is -1.25. The fourth-order valence-corrected chi connectivity index (χ4v) is 1.21. The lowest BCUT2D eigenvalue weighted by Crippen LogP contribution is -2.12. The van der Waals surface area contributed by atoms with Crippen LogP contribution in [0.5, 0.6) is 0 Å². The first-order chi connectivity index (χ1) is 5.40. The van der Waals surface area contributed by atoms with E-state index in [0.29, 0.717) is 0 Å². The molecule has 1 aromatic rings. The van der Waals surface area contributed by atoms with Gasteiger partial charge in [-0.05, 0) is 12.0 Å². The molecule has 11 heavy (non-hydrogen) atoms. The zero-order valence-electron chi connectivity index (χ0n) is 6.54. The molecule has 2 rings (SSSR count). The van der Waals surface area contributed by atoms with Crippen molar-refractivity contribution >= 4 is 5.82 Å². The van der Waals surface area contributed by atoms with E-state index in [2.05, 4.69) is 23.5 Å². The lowest BCUT2D eigenvalue weighted by Gasteiger charge is -2.14. The number of nitrogens with one attached hydrogen (secondary N) is 1. The summed E-state index contributed by atoms with van der Waals surface area (Å²) in [5.74, 6) is 1.09. The summed E-state index contributed by atoms with van der Waals surface area (Å²) in [6, 6.07) is 1.98. The topological polar surface area (TPSA) is 29.9 Å². The number of hydrogen-bond acceptors (Lipinski definition) is 2. The van der Waals surface area contributed by atoms with Gasteiger partial charge in [-0.2, -0.15) is 5.10 Å². The van der Waals surface area contributed by atoms with Crippen LogP contribution in [-0.2, 0) is 6.54 Å².